The third-order valence-electron chi connectivity index (χ3n) is 11.4. The number of carboxylic acids is 1. The van der Waals surface area contributed by atoms with E-state index < -0.39 is 5.97 Å². The van der Waals surface area contributed by atoms with Gasteiger partial charge in [-0.3, -0.25) is 4.79 Å². The van der Waals surface area contributed by atoms with Crippen molar-refractivity contribution in [3.05, 3.63) is 137 Å². The molecule has 3 heterocycles. The van der Waals surface area contributed by atoms with Gasteiger partial charge in [0, 0.05) is 94.9 Å². The summed E-state index contributed by atoms with van der Waals surface area (Å²) in [7, 11) is 7.79. The van der Waals surface area contributed by atoms with Gasteiger partial charge in [-0.1, -0.05) is 48.7 Å². The summed E-state index contributed by atoms with van der Waals surface area (Å²) in [6.07, 6.45) is 4.73. The molecule has 67 heavy (non-hydrogen) atoms. The van der Waals surface area contributed by atoms with Crippen molar-refractivity contribution in [2.75, 3.05) is 51.6 Å². The number of anilines is 2. The topological polar surface area (TPSA) is 162 Å². The van der Waals surface area contributed by atoms with Crippen molar-refractivity contribution in [2.24, 2.45) is 0 Å². The molecule has 1 aliphatic carbocycles. The molecule has 1 aliphatic heterocycles. The first-order valence-electron chi connectivity index (χ1n) is 22.3. The van der Waals surface area contributed by atoms with Gasteiger partial charge in [0.1, 0.15) is 49.1 Å². The van der Waals surface area contributed by atoms with Gasteiger partial charge >= 0.3 is 0 Å². The number of amides is 1. The lowest BCUT2D eigenvalue weighted by Crippen LogP contribution is -2.27. The van der Waals surface area contributed by atoms with Crippen LogP contribution in [0.5, 0.6) is 11.5 Å². The molecule has 0 spiro atoms. The Morgan fingerprint density at radius 3 is 2.48 bits per heavy atom. The molecular formula is C52H53ClN8O6. The van der Waals surface area contributed by atoms with Gasteiger partial charge in [0.2, 0.25) is 5.36 Å². The minimum absolute atomic E-state index is 0.0137. The quantitative estimate of drug-likeness (QED) is 0.0485. The first kappa shape index (κ1) is 46.1. The molecule has 0 saturated carbocycles. The highest BCUT2D eigenvalue weighted by Crippen LogP contribution is 2.42. The fraction of sp³-hybridized carbons (Fsp3) is 0.269. The molecule has 4 aromatic carbocycles. The molecule has 0 radical (unpaired) electrons. The Hall–Kier alpha value is -7.45. The first-order chi connectivity index (χ1) is 32.3. The van der Waals surface area contributed by atoms with Crippen molar-refractivity contribution in [3.63, 3.8) is 0 Å². The summed E-state index contributed by atoms with van der Waals surface area (Å²) in [5.74, 6) is 1.42. The molecule has 344 valence electrons. The number of fused-ring (bicyclic) bond motifs is 3. The van der Waals surface area contributed by atoms with Crippen LogP contribution in [-0.4, -0.2) is 78.9 Å². The smallest absolute Gasteiger partial charge is 0.254 e. The van der Waals surface area contributed by atoms with Gasteiger partial charge in [-0.2, -0.15) is 14.6 Å². The summed E-state index contributed by atoms with van der Waals surface area (Å²) in [5.41, 5.74) is 6.01. The normalized spacial score (nSPS) is 11.3. The van der Waals surface area contributed by atoms with E-state index in [1.807, 2.05) is 136 Å². The summed E-state index contributed by atoms with van der Waals surface area (Å²) in [6, 6.07) is 31.7. The molecule has 0 saturated heterocycles. The largest absolute Gasteiger partial charge is 0.545 e. The van der Waals surface area contributed by atoms with Crippen LogP contribution in [0, 0.1) is 0 Å². The summed E-state index contributed by atoms with van der Waals surface area (Å²) < 4.78 is 22.4. The second kappa shape index (κ2) is 20.4. The number of hydrogen-bond donors (Lipinski definition) is 2. The minimum Gasteiger partial charge on any atom is -0.545 e. The number of unbranched alkanes of at least 4 members (excludes halogenated alkanes) is 3. The van der Waals surface area contributed by atoms with Crippen molar-refractivity contribution in [2.45, 2.75) is 52.2 Å². The average molecular weight is 921 g/mol. The van der Waals surface area contributed by atoms with E-state index in [4.69, 9.17) is 30.5 Å². The standard InChI is InChI=1S/C52H53ClN8O6/c1-32(2)66-45-26-35(53)17-15-34(45)30-55-48-29-43(58-52-56-31-57-61(48)52)39-13-9-10-14-44(39)65-24-12-8-7-11-23-54-50(62)33-16-20-38(42(25-33)51(63)64)49-40-21-18-36(59(3)4)27-46(40)67-47-28-37(60(5)6)19-22-41(47)49/h9-10,13-22,25-29,31-32H,7-8,11-12,23-24,30H2,1-6H3,(H2-,54,55,56,57,58,62,63,64). The van der Waals surface area contributed by atoms with E-state index in [0.29, 0.717) is 76.0 Å². The Bertz CT molecular complexity index is 3140. The summed E-state index contributed by atoms with van der Waals surface area (Å²) in [5, 5.41) is 25.9. The molecule has 0 fully saturated rings. The lowest BCUT2D eigenvalue weighted by molar-refractivity contribution is -0.254. The molecule has 15 heteroatoms. The maximum Gasteiger partial charge on any atom is 0.254 e. The van der Waals surface area contributed by atoms with E-state index >= 15 is 0 Å². The predicted octanol–water partition coefficient (Wildman–Crippen LogP) is 8.19. The van der Waals surface area contributed by atoms with Crippen LogP contribution < -0.4 is 40.0 Å². The van der Waals surface area contributed by atoms with E-state index in [2.05, 4.69) is 20.7 Å². The molecule has 14 nitrogen and oxygen atoms in total. The van der Waals surface area contributed by atoms with Crippen LogP contribution in [0.4, 0.5) is 11.5 Å². The van der Waals surface area contributed by atoms with Gasteiger partial charge in [-0.25, -0.2) is 9.56 Å². The van der Waals surface area contributed by atoms with Crippen molar-refractivity contribution in [3.8, 4) is 45.2 Å². The highest BCUT2D eigenvalue weighted by atomic mass is 35.5. The van der Waals surface area contributed by atoms with E-state index in [-0.39, 0.29) is 23.1 Å². The molecule has 6 aromatic rings. The number of benzene rings is 5. The maximum atomic E-state index is 13.4. The number of hydrogen-bond acceptors (Lipinski definition) is 11. The van der Waals surface area contributed by atoms with Crippen LogP contribution >= 0.6 is 11.6 Å². The number of nitrogens with one attached hydrogen (secondary N) is 2. The Labute approximate surface area is 393 Å². The first-order valence-corrected chi connectivity index (χ1v) is 22.7. The average Bonchev–Trinajstić information content (AvgIpc) is 3.80. The maximum absolute atomic E-state index is 13.4. The zero-order valence-corrected chi connectivity index (χ0v) is 39.2. The number of aromatic nitrogens is 4. The number of rotatable bonds is 18. The van der Waals surface area contributed by atoms with Crippen LogP contribution in [0.2, 0.25) is 5.02 Å². The third-order valence-corrected chi connectivity index (χ3v) is 11.6. The van der Waals surface area contributed by atoms with E-state index in [1.54, 1.807) is 16.6 Å². The monoisotopic (exact) mass is 920 g/mol. The Morgan fingerprint density at radius 2 is 1.69 bits per heavy atom. The molecule has 0 bridgehead atoms. The van der Waals surface area contributed by atoms with Crippen molar-refractivity contribution < 1.29 is 28.6 Å². The molecule has 2 aliphatic rings. The van der Waals surface area contributed by atoms with Crippen molar-refractivity contribution in [1.82, 2.24) is 29.5 Å². The van der Waals surface area contributed by atoms with Crippen molar-refractivity contribution >= 4 is 51.7 Å². The lowest BCUT2D eigenvalue weighted by atomic mass is 9.89. The summed E-state index contributed by atoms with van der Waals surface area (Å²) >= 11 is 6.28. The summed E-state index contributed by atoms with van der Waals surface area (Å²) in [4.78, 5) is 37.3. The molecule has 2 N–H and O–H groups in total. The predicted molar refractivity (Wildman–Crippen MR) is 261 cm³/mol. The second-order valence-electron chi connectivity index (χ2n) is 17.0. The number of aromatic carboxylic acids is 1. The van der Waals surface area contributed by atoms with Crippen LogP contribution in [0.15, 0.2) is 114 Å². The number of para-hydroxylation sites is 1. The Kier molecular flexibility index (Phi) is 14.0. The Balaban J connectivity index is 0.880. The number of halogens is 1. The van der Waals surface area contributed by atoms with E-state index in [1.165, 1.54) is 12.4 Å². The van der Waals surface area contributed by atoms with Gasteiger partial charge in [-0.15, -0.1) is 0 Å². The zero-order chi connectivity index (χ0) is 47.2. The fourth-order valence-electron chi connectivity index (χ4n) is 7.96. The molecule has 2 aromatic heterocycles. The van der Waals surface area contributed by atoms with E-state index in [0.717, 1.165) is 58.8 Å². The zero-order valence-electron chi connectivity index (χ0n) is 38.4. The van der Waals surface area contributed by atoms with Crippen molar-refractivity contribution in [1.29, 1.82) is 0 Å². The van der Waals surface area contributed by atoms with E-state index in [9.17, 15) is 14.7 Å². The number of carbonyl (C=O) groups is 2. The van der Waals surface area contributed by atoms with Gasteiger partial charge < -0.3 is 39.3 Å². The molecule has 0 unspecified atom stereocenters. The number of nitrogens with zero attached hydrogens (tertiary/aromatic N) is 6. The number of ether oxygens (including phenoxy) is 2. The van der Waals surface area contributed by atoms with Gasteiger partial charge in [0.25, 0.3) is 11.7 Å². The number of carboxylic acid groups (broad SMARTS) is 1. The van der Waals surface area contributed by atoms with Crippen LogP contribution in [0.25, 0.3) is 50.5 Å². The van der Waals surface area contributed by atoms with Gasteiger partial charge in [0.15, 0.2) is 0 Å². The SMILES string of the molecule is CC(C)Oc1cc(Cl)ccc1CNc1cc(-c2ccccc2OCCCCCCNC(=O)c2ccc(-c3c4ccc(=[N+](C)C)cc-4oc4cc(N(C)C)ccc34)c(C(=O)[O-])c2)nc2ncnn12. The highest BCUT2D eigenvalue weighted by molar-refractivity contribution is 6.30. The van der Waals surface area contributed by atoms with Gasteiger partial charge in [-0.05, 0) is 86.8 Å². The molecule has 8 rings (SSSR count). The Morgan fingerprint density at radius 1 is 0.881 bits per heavy atom. The lowest BCUT2D eigenvalue weighted by Gasteiger charge is -2.20. The van der Waals surface area contributed by atoms with Crippen LogP contribution in [0.3, 0.4) is 0 Å². The summed E-state index contributed by atoms with van der Waals surface area (Å²) in [6.45, 7) is 5.32. The minimum atomic E-state index is -1.38. The second-order valence-corrected chi connectivity index (χ2v) is 17.4. The third kappa shape index (κ3) is 10.5. The molecule has 1 amide bonds. The molecular weight excluding hydrogens is 868 g/mol. The highest BCUT2D eigenvalue weighted by Gasteiger charge is 2.22. The van der Waals surface area contributed by atoms with Gasteiger partial charge in [0.05, 0.1) is 30.4 Å². The van der Waals surface area contributed by atoms with Crippen LogP contribution in [0.1, 0.15) is 65.8 Å². The molecule has 0 atom stereocenters. The fourth-order valence-corrected chi connectivity index (χ4v) is 8.12. The number of carbonyl (C=O) groups excluding carboxylic acids is 2. The van der Waals surface area contributed by atoms with Crippen LogP contribution in [-0.2, 0) is 6.54 Å².